The van der Waals surface area contributed by atoms with Crippen LogP contribution in [0.2, 0.25) is 5.02 Å². The van der Waals surface area contributed by atoms with E-state index in [0.717, 1.165) is 16.9 Å². The third kappa shape index (κ3) is 4.60. The molecule has 3 aromatic heterocycles. The number of amides is 1. The standard InChI is InChI=1S/C21H12ClF3IN5O/c22-14-10-12(11-28-19(14)31-9-7-17(30-31)21(23,24)25)13-4-1-2-6-16(13)29-20(32)18-15(26)5-3-8-27-18/h1-11H,(H,29,32). The van der Waals surface area contributed by atoms with Crippen molar-refractivity contribution in [2.75, 3.05) is 5.32 Å². The van der Waals surface area contributed by atoms with Gasteiger partial charge in [-0.2, -0.15) is 18.3 Å². The van der Waals surface area contributed by atoms with Gasteiger partial charge in [0.05, 0.1) is 5.02 Å². The van der Waals surface area contributed by atoms with Gasteiger partial charge >= 0.3 is 6.18 Å². The quantitative estimate of drug-likeness (QED) is 0.313. The number of carbonyl (C=O) groups is 1. The zero-order valence-corrected chi connectivity index (χ0v) is 18.9. The molecule has 0 saturated heterocycles. The minimum Gasteiger partial charge on any atom is -0.320 e. The fraction of sp³-hybridized carbons (Fsp3) is 0.0476. The normalized spacial score (nSPS) is 11.4. The largest absolute Gasteiger partial charge is 0.435 e. The van der Waals surface area contributed by atoms with Gasteiger partial charge in [0.15, 0.2) is 11.5 Å². The lowest BCUT2D eigenvalue weighted by molar-refractivity contribution is -0.141. The van der Waals surface area contributed by atoms with Crippen LogP contribution in [0.1, 0.15) is 16.2 Å². The van der Waals surface area contributed by atoms with Gasteiger partial charge < -0.3 is 5.32 Å². The summed E-state index contributed by atoms with van der Waals surface area (Å²) in [6, 6.07) is 12.9. The molecule has 0 aliphatic heterocycles. The molecular formula is C21H12ClF3IN5O. The van der Waals surface area contributed by atoms with Crippen molar-refractivity contribution in [1.82, 2.24) is 19.7 Å². The van der Waals surface area contributed by atoms with Crippen molar-refractivity contribution < 1.29 is 18.0 Å². The van der Waals surface area contributed by atoms with Crippen LogP contribution in [-0.4, -0.2) is 25.7 Å². The highest BCUT2D eigenvalue weighted by molar-refractivity contribution is 14.1. The van der Waals surface area contributed by atoms with Crippen molar-refractivity contribution in [2.45, 2.75) is 6.18 Å². The van der Waals surface area contributed by atoms with Crippen LogP contribution in [0.25, 0.3) is 16.9 Å². The minimum atomic E-state index is -4.57. The van der Waals surface area contributed by atoms with E-state index in [-0.39, 0.29) is 22.4 Å². The van der Waals surface area contributed by atoms with Crippen LogP contribution in [0.5, 0.6) is 0 Å². The molecule has 4 rings (SSSR count). The Balaban J connectivity index is 1.65. The Morgan fingerprint density at radius 2 is 1.88 bits per heavy atom. The summed E-state index contributed by atoms with van der Waals surface area (Å²) in [7, 11) is 0. The fourth-order valence-corrected chi connectivity index (χ4v) is 3.76. The monoisotopic (exact) mass is 569 g/mol. The lowest BCUT2D eigenvalue weighted by Gasteiger charge is -2.13. The molecule has 0 aliphatic carbocycles. The number of hydrogen-bond donors (Lipinski definition) is 1. The van der Waals surface area contributed by atoms with Crippen molar-refractivity contribution in [1.29, 1.82) is 0 Å². The van der Waals surface area contributed by atoms with Gasteiger partial charge in [-0.05, 0) is 52.9 Å². The Morgan fingerprint density at radius 1 is 1.09 bits per heavy atom. The molecule has 0 bridgehead atoms. The predicted octanol–water partition coefficient (Wildman–Crippen LogP) is 5.86. The first-order valence-electron chi connectivity index (χ1n) is 9.04. The number of nitrogens with one attached hydrogen (secondary N) is 1. The number of aromatic nitrogens is 4. The van der Waals surface area contributed by atoms with Crippen LogP contribution >= 0.6 is 34.2 Å². The highest BCUT2D eigenvalue weighted by atomic mass is 127. The van der Waals surface area contributed by atoms with Gasteiger partial charge in [0, 0.05) is 39.0 Å². The number of para-hydroxylation sites is 1. The van der Waals surface area contributed by atoms with Gasteiger partial charge in [0.2, 0.25) is 0 Å². The first-order valence-corrected chi connectivity index (χ1v) is 10.5. The molecule has 0 unspecified atom stereocenters. The van der Waals surface area contributed by atoms with Crippen LogP contribution in [0.3, 0.4) is 0 Å². The molecule has 32 heavy (non-hydrogen) atoms. The zero-order valence-electron chi connectivity index (χ0n) is 15.9. The van der Waals surface area contributed by atoms with Crippen LogP contribution in [0.4, 0.5) is 18.9 Å². The summed E-state index contributed by atoms with van der Waals surface area (Å²) < 4.78 is 40.2. The van der Waals surface area contributed by atoms with E-state index in [4.69, 9.17) is 11.6 Å². The molecule has 0 atom stereocenters. The van der Waals surface area contributed by atoms with Crippen molar-refractivity contribution >= 4 is 45.8 Å². The molecule has 0 fully saturated rings. The summed E-state index contributed by atoms with van der Waals surface area (Å²) in [6.07, 6.45) is -0.448. The second kappa shape index (κ2) is 8.87. The zero-order chi connectivity index (χ0) is 22.9. The lowest BCUT2D eigenvalue weighted by Crippen LogP contribution is -2.15. The molecule has 0 aliphatic rings. The number of carbonyl (C=O) groups excluding carboxylic acids is 1. The van der Waals surface area contributed by atoms with Crippen molar-refractivity contribution in [3.05, 3.63) is 87.1 Å². The van der Waals surface area contributed by atoms with Gasteiger partial charge in [-0.3, -0.25) is 4.79 Å². The second-order valence-electron chi connectivity index (χ2n) is 6.51. The van der Waals surface area contributed by atoms with Gasteiger partial charge in [-0.1, -0.05) is 29.8 Å². The molecule has 1 N–H and O–H groups in total. The molecular weight excluding hydrogens is 558 g/mol. The summed E-state index contributed by atoms with van der Waals surface area (Å²) in [5.41, 5.74) is 0.936. The topological polar surface area (TPSA) is 72.7 Å². The number of rotatable bonds is 4. The number of benzene rings is 1. The Morgan fingerprint density at radius 3 is 2.56 bits per heavy atom. The maximum atomic E-state index is 12.8. The highest BCUT2D eigenvalue weighted by Gasteiger charge is 2.33. The Hall–Kier alpha value is -2.99. The van der Waals surface area contributed by atoms with Crippen LogP contribution in [0, 0.1) is 3.57 Å². The Kier molecular flexibility index (Phi) is 6.15. The molecule has 0 spiro atoms. The Labute approximate surface area is 198 Å². The number of alkyl halides is 3. The minimum absolute atomic E-state index is 0.0514. The van der Waals surface area contributed by atoms with Crippen LogP contribution < -0.4 is 5.32 Å². The molecule has 1 aromatic carbocycles. The average Bonchev–Trinajstić information content (AvgIpc) is 3.25. The predicted molar refractivity (Wildman–Crippen MR) is 122 cm³/mol. The molecule has 4 aromatic rings. The number of nitrogens with zero attached hydrogens (tertiary/aromatic N) is 4. The third-order valence-corrected chi connectivity index (χ3v) is 5.53. The molecule has 6 nitrogen and oxygen atoms in total. The number of anilines is 1. The van der Waals surface area contributed by atoms with Crippen molar-refractivity contribution in [3.8, 4) is 16.9 Å². The van der Waals surface area contributed by atoms with Gasteiger partial charge in [0.1, 0.15) is 5.69 Å². The van der Waals surface area contributed by atoms with Gasteiger partial charge in [-0.15, -0.1) is 0 Å². The maximum absolute atomic E-state index is 12.8. The van der Waals surface area contributed by atoms with Crippen molar-refractivity contribution in [2.24, 2.45) is 0 Å². The summed E-state index contributed by atoms with van der Waals surface area (Å²) in [4.78, 5) is 21.0. The van der Waals surface area contributed by atoms with E-state index in [0.29, 0.717) is 20.4 Å². The Bertz CT molecular complexity index is 1310. The van der Waals surface area contributed by atoms with Gasteiger partial charge in [0.25, 0.3) is 5.91 Å². The van der Waals surface area contributed by atoms with E-state index < -0.39 is 11.9 Å². The second-order valence-corrected chi connectivity index (χ2v) is 8.08. The van der Waals surface area contributed by atoms with E-state index in [9.17, 15) is 18.0 Å². The molecule has 11 heteroatoms. The highest BCUT2D eigenvalue weighted by Crippen LogP contribution is 2.32. The van der Waals surface area contributed by atoms with E-state index >= 15 is 0 Å². The van der Waals surface area contributed by atoms with Crippen LogP contribution in [0.15, 0.2) is 67.1 Å². The smallest absolute Gasteiger partial charge is 0.320 e. The number of hydrogen-bond acceptors (Lipinski definition) is 4. The van der Waals surface area contributed by atoms with Crippen molar-refractivity contribution in [3.63, 3.8) is 0 Å². The van der Waals surface area contributed by atoms with E-state index in [1.165, 1.54) is 12.4 Å². The summed E-state index contributed by atoms with van der Waals surface area (Å²) in [5, 5.41) is 6.42. The maximum Gasteiger partial charge on any atom is 0.435 e. The fourth-order valence-electron chi connectivity index (χ4n) is 2.92. The molecule has 0 radical (unpaired) electrons. The van der Waals surface area contributed by atoms with E-state index in [1.54, 1.807) is 42.5 Å². The number of halogens is 5. The molecule has 1 amide bonds. The summed E-state index contributed by atoms with van der Waals surface area (Å²) in [6.45, 7) is 0. The van der Waals surface area contributed by atoms with E-state index in [2.05, 4.69) is 20.4 Å². The summed E-state index contributed by atoms with van der Waals surface area (Å²) in [5.74, 6) is -0.329. The lowest BCUT2D eigenvalue weighted by atomic mass is 10.1. The SMILES string of the molecule is O=C(Nc1ccccc1-c1cnc(-n2ccc(C(F)(F)F)n2)c(Cl)c1)c1ncccc1I. The van der Waals surface area contributed by atoms with E-state index in [1.807, 2.05) is 22.6 Å². The number of pyridine rings is 2. The first kappa shape index (κ1) is 22.2. The molecule has 162 valence electrons. The van der Waals surface area contributed by atoms with Crippen LogP contribution in [-0.2, 0) is 6.18 Å². The average molecular weight is 570 g/mol. The van der Waals surface area contributed by atoms with Gasteiger partial charge in [-0.25, -0.2) is 14.6 Å². The molecule has 0 saturated carbocycles. The molecule has 3 heterocycles. The first-order chi connectivity index (χ1) is 15.2. The summed E-state index contributed by atoms with van der Waals surface area (Å²) >= 11 is 8.34. The third-order valence-electron chi connectivity index (χ3n) is 4.38.